The van der Waals surface area contributed by atoms with Crippen LogP contribution in [0.2, 0.25) is 0 Å². The Morgan fingerprint density at radius 2 is 0.958 bits per heavy atom. The van der Waals surface area contributed by atoms with Crippen molar-refractivity contribution in [3.05, 3.63) is 215 Å². The van der Waals surface area contributed by atoms with E-state index in [9.17, 15) is 0 Å². The number of hydrogen-bond donors (Lipinski definition) is 0. The smallest absolute Gasteiger partial charge is 0.137 e. The standard InChI is InChI=1S/C66H70N4O/c1-62(2,3)46-27-31-57-56(38-46)55-30-29-54(42-59(55)70(57)61-40-48(33-34-67-61)66(12,13)45-23-18-15-19-24-45)71-53-26-20-25-51(41-53)68-43-69(52-36-49(63(4,5)6)35-50(37-52)64(7,8)9)60-39-47(28-32-58(60)68)65(10,11)44-21-16-14-17-22-44/h14-42H,43H2,1-13H3. The molecule has 5 heteroatoms. The van der Waals surface area contributed by atoms with Gasteiger partial charge in [0, 0.05) is 51.3 Å². The summed E-state index contributed by atoms with van der Waals surface area (Å²) in [5, 5.41) is 2.36. The predicted octanol–water partition coefficient (Wildman–Crippen LogP) is 17.8. The lowest BCUT2D eigenvalue weighted by molar-refractivity contribution is 0.483. The summed E-state index contributed by atoms with van der Waals surface area (Å²) in [5.41, 5.74) is 15.3. The van der Waals surface area contributed by atoms with Crippen molar-refractivity contribution >= 4 is 44.6 Å². The lowest BCUT2D eigenvalue weighted by atomic mass is 9.78. The fourth-order valence-corrected chi connectivity index (χ4v) is 10.3. The van der Waals surface area contributed by atoms with Crippen molar-refractivity contribution in [2.24, 2.45) is 0 Å². The Hall–Kier alpha value is -7.11. The van der Waals surface area contributed by atoms with Gasteiger partial charge in [0.25, 0.3) is 0 Å². The third kappa shape index (κ3) is 8.90. The second kappa shape index (κ2) is 17.3. The molecule has 0 saturated heterocycles. The van der Waals surface area contributed by atoms with Gasteiger partial charge in [-0.05, 0) is 128 Å². The van der Waals surface area contributed by atoms with Crippen LogP contribution in [0.3, 0.4) is 0 Å². The maximum atomic E-state index is 6.93. The second-order valence-electron chi connectivity index (χ2n) is 24.0. The van der Waals surface area contributed by atoms with Crippen LogP contribution in [0.4, 0.5) is 22.7 Å². The molecule has 0 fully saturated rings. The van der Waals surface area contributed by atoms with E-state index in [2.05, 4.69) is 274 Å². The van der Waals surface area contributed by atoms with Gasteiger partial charge < -0.3 is 14.5 Å². The molecular weight excluding hydrogens is 865 g/mol. The normalized spacial score (nSPS) is 13.6. The first kappa shape index (κ1) is 47.6. The molecule has 10 rings (SSSR count). The minimum atomic E-state index is -0.226. The summed E-state index contributed by atoms with van der Waals surface area (Å²) in [6.07, 6.45) is 1.95. The molecule has 0 bridgehead atoms. The van der Waals surface area contributed by atoms with Crippen molar-refractivity contribution in [3.8, 4) is 17.3 Å². The summed E-state index contributed by atoms with van der Waals surface area (Å²) >= 11 is 0. The minimum absolute atomic E-state index is 0.00564. The molecule has 0 spiro atoms. The molecule has 7 aromatic carbocycles. The number of fused-ring (bicyclic) bond motifs is 4. The average Bonchev–Trinajstić information content (AvgIpc) is 3.89. The van der Waals surface area contributed by atoms with E-state index in [1.807, 2.05) is 6.20 Å². The number of ether oxygens (including phenoxy) is 1. The summed E-state index contributed by atoms with van der Waals surface area (Å²) in [6, 6.07) is 62.3. The molecule has 0 N–H and O–H groups in total. The van der Waals surface area contributed by atoms with Gasteiger partial charge in [0.05, 0.1) is 22.4 Å². The fraction of sp³-hybridized carbons (Fsp3) is 0.288. The molecule has 2 aromatic heterocycles. The molecule has 5 nitrogen and oxygen atoms in total. The number of hydrogen-bond acceptors (Lipinski definition) is 4. The fourth-order valence-electron chi connectivity index (χ4n) is 10.3. The summed E-state index contributed by atoms with van der Waals surface area (Å²) in [5.74, 6) is 2.42. The van der Waals surface area contributed by atoms with Gasteiger partial charge in [0.2, 0.25) is 0 Å². The average molecular weight is 935 g/mol. The molecule has 0 amide bonds. The zero-order chi connectivity index (χ0) is 50.3. The van der Waals surface area contributed by atoms with Gasteiger partial charge in [0.15, 0.2) is 0 Å². The van der Waals surface area contributed by atoms with Crippen LogP contribution < -0.4 is 14.5 Å². The minimum Gasteiger partial charge on any atom is -0.457 e. The molecular formula is C66H70N4O. The van der Waals surface area contributed by atoms with E-state index in [1.54, 1.807) is 0 Å². The summed E-state index contributed by atoms with van der Waals surface area (Å²) in [6.45, 7) is 30.6. The van der Waals surface area contributed by atoms with Crippen LogP contribution in [-0.4, -0.2) is 16.2 Å². The van der Waals surface area contributed by atoms with E-state index >= 15 is 0 Å². The number of aromatic nitrogens is 2. The monoisotopic (exact) mass is 935 g/mol. The summed E-state index contributed by atoms with van der Waals surface area (Å²) < 4.78 is 9.25. The highest BCUT2D eigenvalue weighted by molar-refractivity contribution is 6.10. The van der Waals surface area contributed by atoms with Crippen molar-refractivity contribution in [1.82, 2.24) is 9.55 Å². The number of pyridine rings is 1. The zero-order valence-electron chi connectivity index (χ0n) is 44.1. The quantitative estimate of drug-likeness (QED) is 0.144. The van der Waals surface area contributed by atoms with Crippen LogP contribution in [0.15, 0.2) is 176 Å². The van der Waals surface area contributed by atoms with Crippen molar-refractivity contribution < 1.29 is 4.74 Å². The van der Waals surface area contributed by atoms with Crippen molar-refractivity contribution in [3.63, 3.8) is 0 Å². The van der Waals surface area contributed by atoms with Crippen LogP contribution in [-0.2, 0) is 27.1 Å². The number of anilines is 4. The Kier molecular flexibility index (Phi) is 11.6. The first-order valence-corrected chi connectivity index (χ1v) is 25.4. The molecule has 0 aliphatic carbocycles. The van der Waals surface area contributed by atoms with Gasteiger partial charge in [0.1, 0.15) is 24.0 Å². The van der Waals surface area contributed by atoms with Gasteiger partial charge >= 0.3 is 0 Å². The Balaban J connectivity index is 1.06. The maximum absolute atomic E-state index is 6.93. The Morgan fingerprint density at radius 3 is 1.58 bits per heavy atom. The van der Waals surface area contributed by atoms with Gasteiger partial charge in [-0.1, -0.05) is 175 Å². The molecule has 360 valence electrons. The third-order valence-electron chi connectivity index (χ3n) is 15.2. The molecule has 0 radical (unpaired) electrons. The predicted molar refractivity (Wildman–Crippen MR) is 300 cm³/mol. The third-order valence-corrected chi connectivity index (χ3v) is 15.2. The molecule has 0 saturated carbocycles. The zero-order valence-corrected chi connectivity index (χ0v) is 44.1. The lowest BCUT2D eigenvalue weighted by Gasteiger charge is -2.30. The Bertz CT molecular complexity index is 3400. The van der Waals surface area contributed by atoms with E-state index in [-0.39, 0.29) is 27.1 Å². The molecule has 0 atom stereocenters. The van der Waals surface area contributed by atoms with Gasteiger partial charge in [-0.15, -0.1) is 0 Å². The van der Waals surface area contributed by atoms with Crippen molar-refractivity contribution in [1.29, 1.82) is 0 Å². The second-order valence-corrected chi connectivity index (χ2v) is 24.0. The SMILES string of the molecule is CC(C)(C)c1cc(N2CN(c3cccc(Oc4ccc5c6cc(C(C)(C)C)ccc6n(-c6cc(C(C)(C)c7ccccc7)ccn6)c5c4)c3)c3ccc(C(C)(C)c4ccccc4)cc32)cc(C(C)(C)C)c1. The maximum Gasteiger partial charge on any atom is 0.137 e. The highest BCUT2D eigenvalue weighted by atomic mass is 16.5. The Labute approximate surface area is 422 Å². The molecule has 1 aliphatic rings. The Morgan fingerprint density at radius 1 is 0.380 bits per heavy atom. The van der Waals surface area contributed by atoms with Crippen LogP contribution >= 0.6 is 0 Å². The largest absolute Gasteiger partial charge is 0.457 e. The number of nitrogens with zero attached hydrogens (tertiary/aromatic N) is 4. The first-order valence-electron chi connectivity index (χ1n) is 25.4. The summed E-state index contributed by atoms with van der Waals surface area (Å²) in [7, 11) is 0. The lowest BCUT2D eigenvalue weighted by Crippen LogP contribution is -2.25. The van der Waals surface area contributed by atoms with Gasteiger partial charge in [-0.25, -0.2) is 4.98 Å². The summed E-state index contributed by atoms with van der Waals surface area (Å²) in [4.78, 5) is 10.0. The van der Waals surface area contributed by atoms with Crippen molar-refractivity contribution in [2.45, 2.75) is 117 Å². The van der Waals surface area contributed by atoms with Crippen LogP contribution in [0.25, 0.3) is 27.6 Å². The van der Waals surface area contributed by atoms with Gasteiger partial charge in [-0.3, -0.25) is 4.57 Å². The van der Waals surface area contributed by atoms with Crippen LogP contribution in [0.1, 0.15) is 129 Å². The molecule has 0 unspecified atom stereocenters. The topological polar surface area (TPSA) is 33.5 Å². The molecule has 71 heavy (non-hydrogen) atoms. The molecule has 9 aromatic rings. The van der Waals surface area contributed by atoms with E-state index in [4.69, 9.17) is 9.72 Å². The van der Waals surface area contributed by atoms with Crippen molar-refractivity contribution in [2.75, 3.05) is 16.5 Å². The van der Waals surface area contributed by atoms with Crippen LogP contribution in [0.5, 0.6) is 11.5 Å². The number of rotatable bonds is 9. The van der Waals surface area contributed by atoms with E-state index in [0.717, 1.165) is 39.4 Å². The van der Waals surface area contributed by atoms with Gasteiger partial charge in [-0.2, -0.15) is 0 Å². The van der Waals surface area contributed by atoms with E-state index in [1.165, 1.54) is 61.4 Å². The highest BCUT2D eigenvalue weighted by Gasteiger charge is 2.34. The first-order chi connectivity index (χ1) is 33.6. The number of benzene rings is 7. The van der Waals surface area contributed by atoms with Crippen LogP contribution in [0, 0.1) is 0 Å². The van der Waals surface area contributed by atoms with E-state index < -0.39 is 0 Å². The van der Waals surface area contributed by atoms with E-state index in [0.29, 0.717) is 6.67 Å². The molecule has 3 heterocycles. The highest BCUT2D eigenvalue weighted by Crippen LogP contribution is 2.49. The molecule has 1 aliphatic heterocycles.